The molecule has 2 unspecified atom stereocenters. The molecular formula is C7H13N3O. The highest BCUT2D eigenvalue weighted by Crippen LogP contribution is 2.08. The second kappa shape index (κ2) is 3.52. The lowest BCUT2D eigenvalue weighted by molar-refractivity contribution is 0.249. The van der Waals surface area contributed by atoms with Crippen LogP contribution in [0.5, 0.6) is 0 Å². The summed E-state index contributed by atoms with van der Waals surface area (Å²) in [6.07, 6.45) is 1.78. The Labute approximate surface area is 65.2 Å². The lowest BCUT2D eigenvalue weighted by atomic mass is 10.1. The van der Waals surface area contributed by atoms with Gasteiger partial charge in [-0.05, 0) is 12.1 Å². The van der Waals surface area contributed by atoms with E-state index in [2.05, 4.69) is 4.98 Å². The monoisotopic (exact) mass is 155 g/mol. The van der Waals surface area contributed by atoms with Crippen LogP contribution in [0.2, 0.25) is 0 Å². The highest BCUT2D eigenvalue weighted by atomic mass is 16.3. The van der Waals surface area contributed by atoms with E-state index >= 15 is 0 Å². The Bertz CT molecular complexity index is 197. The molecule has 2 atom stereocenters. The summed E-state index contributed by atoms with van der Waals surface area (Å²) in [5, 5.41) is 8.69. The molecule has 62 valence electrons. The van der Waals surface area contributed by atoms with Crippen LogP contribution in [0.3, 0.4) is 0 Å². The van der Waals surface area contributed by atoms with Crippen molar-refractivity contribution >= 4 is 0 Å². The SMILES string of the molecule is NC(CO)C(N)c1ccc[nH]1. The van der Waals surface area contributed by atoms with Gasteiger partial charge in [0.2, 0.25) is 0 Å². The van der Waals surface area contributed by atoms with Crippen molar-refractivity contribution in [1.82, 2.24) is 4.98 Å². The van der Waals surface area contributed by atoms with E-state index < -0.39 is 6.04 Å². The van der Waals surface area contributed by atoms with Gasteiger partial charge in [-0.3, -0.25) is 0 Å². The van der Waals surface area contributed by atoms with Crippen molar-refractivity contribution < 1.29 is 5.11 Å². The fourth-order valence-electron chi connectivity index (χ4n) is 0.896. The summed E-state index contributed by atoms with van der Waals surface area (Å²) in [5.41, 5.74) is 12.0. The molecule has 1 aromatic rings. The molecule has 0 bridgehead atoms. The highest BCUT2D eigenvalue weighted by Gasteiger charge is 2.14. The summed E-state index contributed by atoms with van der Waals surface area (Å²) in [6.45, 7) is -0.0970. The minimum Gasteiger partial charge on any atom is -0.395 e. The van der Waals surface area contributed by atoms with Crippen molar-refractivity contribution in [3.63, 3.8) is 0 Å². The average molecular weight is 155 g/mol. The molecular weight excluding hydrogens is 142 g/mol. The molecule has 6 N–H and O–H groups in total. The van der Waals surface area contributed by atoms with Gasteiger partial charge in [0, 0.05) is 17.9 Å². The van der Waals surface area contributed by atoms with E-state index in [4.69, 9.17) is 16.6 Å². The molecule has 0 radical (unpaired) electrons. The van der Waals surface area contributed by atoms with E-state index in [0.29, 0.717) is 0 Å². The summed E-state index contributed by atoms with van der Waals surface area (Å²) < 4.78 is 0. The lowest BCUT2D eigenvalue weighted by Crippen LogP contribution is -2.37. The third-order valence-corrected chi connectivity index (χ3v) is 1.65. The van der Waals surface area contributed by atoms with Gasteiger partial charge in [-0.1, -0.05) is 0 Å². The molecule has 11 heavy (non-hydrogen) atoms. The number of aromatic nitrogens is 1. The first-order chi connectivity index (χ1) is 5.25. The molecule has 4 nitrogen and oxygen atoms in total. The highest BCUT2D eigenvalue weighted by molar-refractivity contribution is 5.10. The zero-order valence-electron chi connectivity index (χ0n) is 6.20. The predicted molar refractivity (Wildman–Crippen MR) is 42.8 cm³/mol. The maximum Gasteiger partial charge on any atom is 0.0623 e. The number of aliphatic hydroxyl groups excluding tert-OH is 1. The maximum atomic E-state index is 8.69. The Morgan fingerprint density at radius 1 is 1.55 bits per heavy atom. The third-order valence-electron chi connectivity index (χ3n) is 1.65. The van der Waals surface area contributed by atoms with Crippen LogP contribution in [0.1, 0.15) is 11.7 Å². The molecule has 0 aliphatic rings. The number of rotatable bonds is 3. The molecule has 1 aromatic heterocycles. The summed E-state index contributed by atoms with van der Waals surface area (Å²) >= 11 is 0. The van der Waals surface area contributed by atoms with Crippen molar-refractivity contribution in [2.75, 3.05) is 6.61 Å². The molecule has 4 heteroatoms. The number of aromatic amines is 1. The van der Waals surface area contributed by atoms with E-state index in [1.165, 1.54) is 0 Å². The number of aliphatic hydroxyl groups is 1. The van der Waals surface area contributed by atoms with Gasteiger partial charge in [0.05, 0.1) is 12.6 Å². The summed E-state index contributed by atoms with van der Waals surface area (Å²) in [5.74, 6) is 0. The van der Waals surface area contributed by atoms with Gasteiger partial charge in [-0.2, -0.15) is 0 Å². The van der Waals surface area contributed by atoms with Crippen LogP contribution >= 0.6 is 0 Å². The van der Waals surface area contributed by atoms with Crippen molar-refractivity contribution in [3.05, 3.63) is 24.0 Å². The average Bonchev–Trinajstić information content (AvgIpc) is 2.53. The van der Waals surface area contributed by atoms with Gasteiger partial charge in [0.1, 0.15) is 0 Å². The second-order valence-corrected chi connectivity index (χ2v) is 2.50. The topological polar surface area (TPSA) is 88.1 Å². The van der Waals surface area contributed by atoms with E-state index in [1.807, 2.05) is 12.1 Å². The van der Waals surface area contributed by atoms with Crippen LogP contribution in [0, 0.1) is 0 Å². The Kier molecular flexibility index (Phi) is 2.64. The summed E-state index contributed by atoms with van der Waals surface area (Å²) in [6, 6.07) is 2.99. The Morgan fingerprint density at radius 2 is 2.27 bits per heavy atom. The van der Waals surface area contributed by atoms with Crippen LogP contribution < -0.4 is 11.5 Å². The van der Waals surface area contributed by atoms with Gasteiger partial charge in [-0.15, -0.1) is 0 Å². The van der Waals surface area contributed by atoms with Gasteiger partial charge in [0.15, 0.2) is 0 Å². The molecule has 0 spiro atoms. The summed E-state index contributed by atoms with van der Waals surface area (Å²) in [4.78, 5) is 2.94. The third kappa shape index (κ3) is 1.80. The normalized spacial score (nSPS) is 16.3. The zero-order chi connectivity index (χ0) is 8.27. The number of hydrogen-bond donors (Lipinski definition) is 4. The minimum absolute atomic E-state index is 0.0970. The van der Waals surface area contributed by atoms with Crippen LogP contribution in [0.25, 0.3) is 0 Å². The van der Waals surface area contributed by atoms with Crippen LogP contribution in [-0.2, 0) is 0 Å². The zero-order valence-corrected chi connectivity index (χ0v) is 6.20. The van der Waals surface area contributed by atoms with E-state index in [9.17, 15) is 0 Å². The van der Waals surface area contributed by atoms with Gasteiger partial charge < -0.3 is 21.6 Å². The minimum atomic E-state index is -0.395. The fourth-order valence-corrected chi connectivity index (χ4v) is 0.896. The van der Waals surface area contributed by atoms with Crippen molar-refractivity contribution in [2.45, 2.75) is 12.1 Å². The largest absolute Gasteiger partial charge is 0.395 e. The number of H-pyrrole nitrogens is 1. The Balaban J connectivity index is 2.62. The molecule has 0 aliphatic carbocycles. The first-order valence-corrected chi connectivity index (χ1v) is 3.51. The van der Waals surface area contributed by atoms with Crippen LogP contribution in [-0.4, -0.2) is 22.7 Å². The fraction of sp³-hybridized carbons (Fsp3) is 0.429. The molecule has 0 amide bonds. The molecule has 0 fully saturated rings. The standard InChI is InChI=1S/C7H13N3O/c8-5(4-11)7(9)6-2-1-3-10-6/h1-3,5,7,10-11H,4,8-9H2. The number of nitrogens with two attached hydrogens (primary N) is 2. The van der Waals surface area contributed by atoms with Gasteiger partial charge >= 0.3 is 0 Å². The first-order valence-electron chi connectivity index (χ1n) is 3.51. The van der Waals surface area contributed by atoms with Crippen molar-refractivity contribution in [3.8, 4) is 0 Å². The van der Waals surface area contributed by atoms with Crippen molar-refractivity contribution in [1.29, 1.82) is 0 Å². The quantitative estimate of drug-likeness (QED) is 0.467. The van der Waals surface area contributed by atoms with E-state index in [0.717, 1.165) is 5.69 Å². The molecule has 1 rings (SSSR count). The van der Waals surface area contributed by atoms with Gasteiger partial charge in [0.25, 0.3) is 0 Å². The molecule has 0 aromatic carbocycles. The van der Waals surface area contributed by atoms with Crippen LogP contribution in [0.15, 0.2) is 18.3 Å². The smallest absolute Gasteiger partial charge is 0.0623 e. The molecule has 0 saturated carbocycles. The maximum absolute atomic E-state index is 8.69. The van der Waals surface area contributed by atoms with E-state index in [1.54, 1.807) is 6.20 Å². The molecule has 1 heterocycles. The Hall–Kier alpha value is -0.840. The second-order valence-electron chi connectivity index (χ2n) is 2.50. The summed E-state index contributed by atoms with van der Waals surface area (Å²) in [7, 11) is 0. The van der Waals surface area contributed by atoms with Crippen molar-refractivity contribution in [2.24, 2.45) is 11.5 Å². The first kappa shape index (κ1) is 8.26. The van der Waals surface area contributed by atoms with Gasteiger partial charge in [-0.25, -0.2) is 0 Å². The van der Waals surface area contributed by atoms with E-state index in [-0.39, 0.29) is 12.6 Å². The number of hydrogen-bond acceptors (Lipinski definition) is 3. The molecule has 0 aliphatic heterocycles. The van der Waals surface area contributed by atoms with Crippen LogP contribution in [0.4, 0.5) is 0 Å². The Morgan fingerprint density at radius 3 is 2.73 bits per heavy atom. The lowest BCUT2D eigenvalue weighted by Gasteiger charge is -2.15. The number of nitrogens with one attached hydrogen (secondary N) is 1. The predicted octanol–water partition coefficient (Wildman–Crippen LogP) is -0.666. The molecule has 0 saturated heterocycles.